The Morgan fingerprint density at radius 3 is 2.81 bits per heavy atom. The number of thioether (sulfide) groups is 1. The molecule has 21 heavy (non-hydrogen) atoms. The van der Waals surface area contributed by atoms with Crippen LogP contribution in [0.2, 0.25) is 0 Å². The summed E-state index contributed by atoms with van der Waals surface area (Å²) in [6.07, 6.45) is 3.53. The van der Waals surface area contributed by atoms with Crippen molar-refractivity contribution >= 4 is 28.6 Å². The van der Waals surface area contributed by atoms with Gasteiger partial charge < -0.3 is 5.32 Å². The van der Waals surface area contributed by atoms with Crippen LogP contribution in [0.25, 0.3) is 11.0 Å². The molecular formula is C13H17N7S. The fourth-order valence-corrected chi connectivity index (χ4v) is 2.89. The summed E-state index contributed by atoms with van der Waals surface area (Å²) in [5.74, 6) is 0.792. The number of anilines is 1. The number of aromatic nitrogens is 6. The third-order valence-corrected chi connectivity index (χ3v) is 4.29. The molecule has 110 valence electrons. The number of hydrogen-bond donors (Lipinski definition) is 2. The molecule has 0 unspecified atom stereocenters. The van der Waals surface area contributed by atoms with E-state index in [1.807, 2.05) is 24.9 Å². The van der Waals surface area contributed by atoms with Crippen LogP contribution < -0.4 is 5.32 Å². The van der Waals surface area contributed by atoms with Crippen molar-refractivity contribution in [3.63, 3.8) is 0 Å². The molecule has 8 heteroatoms. The first-order valence-electron chi connectivity index (χ1n) is 6.57. The predicted octanol–water partition coefficient (Wildman–Crippen LogP) is 2.04. The van der Waals surface area contributed by atoms with Gasteiger partial charge in [0.15, 0.2) is 5.65 Å². The van der Waals surface area contributed by atoms with E-state index in [0.717, 1.165) is 33.3 Å². The number of aryl methyl sites for hydroxylation is 2. The Morgan fingerprint density at radius 2 is 2.14 bits per heavy atom. The first-order valence-corrected chi connectivity index (χ1v) is 7.80. The van der Waals surface area contributed by atoms with Gasteiger partial charge in [-0.2, -0.15) is 10.2 Å². The monoisotopic (exact) mass is 303 g/mol. The fourth-order valence-electron chi connectivity index (χ4n) is 2.36. The SMILES string of the molecule is CSc1n[nH]c2ncnc(NCc3c(C)nn(C)c3C)c12. The van der Waals surface area contributed by atoms with Gasteiger partial charge in [0, 0.05) is 24.8 Å². The summed E-state index contributed by atoms with van der Waals surface area (Å²) in [5.41, 5.74) is 4.13. The predicted molar refractivity (Wildman–Crippen MR) is 83.5 cm³/mol. The molecule has 0 bridgehead atoms. The minimum absolute atomic E-state index is 0.677. The zero-order valence-corrected chi connectivity index (χ0v) is 13.2. The standard InChI is InChI=1S/C13H17N7S/c1-7-9(8(2)20(3)19-7)5-14-11-10-12(16-6-15-11)17-18-13(10)21-4/h6H,5H2,1-4H3,(H2,14,15,16,17,18). The lowest BCUT2D eigenvalue weighted by molar-refractivity contribution is 0.730. The molecule has 0 aromatic carbocycles. The zero-order chi connectivity index (χ0) is 15.0. The average Bonchev–Trinajstić information content (AvgIpc) is 3.00. The van der Waals surface area contributed by atoms with Crippen LogP contribution in [-0.2, 0) is 13.6 Å². The van der Waals surface area contributed by atoms with Crippen LogP contribution in [-0.4, -0.2) is 36.2 Å². The van der Waals surface area contributed by atoms with Crippen molar-refractivity contribution in [1.82, 2.24) is 29.9 Å². The second kappa shape index (κ2) is 5.36. The third-order valence-electron chi connectivity index (χ3n) is 3.61. The lowest BCUT2D eigenvalue weighted by Gasteiger charge is -2.07. The molecule has 3 rings (SSSR count). The lowest BCUT2D eigenvalue weighted by Crippen LogP contribution is -2.04. The minimum Gasteiger partial charge on any atom is -0.365 e. The van der Waals surface area contributed by atoms with E-state index >= 15 is 0 Å². The maximum atomic E-state index is 4.43. The molecule has 0 fully saturated rings. The number of H-pyrrole nitrogens is 1. The van der Waals surface area contributed by atoms with Gasteiger partial charge in [0.25, 0.3) is 0 Å². The number of hydrogen-bond acceptors (Lipinski definition) is 6. The Morgan fingerprint density at radius 1 is 1.33 bits per heavy atom. The highest BCUT2D eigenvalue weighted by atomic mass is 32.2. The summed E-state index contributed by atoms with van der Waals surface area (Å²) in [6.45, 7) is 4.76. The smallest absolute Gasteiger partial charge is 0.161 e. The van der Waals surface area contributed by atoms with E-state index in [4.69, 9.17) is 0 Å². The van der Waals surface area contributed by atoms with Crippen LogP contribution in [0.5, 0.6) is 0 Å². The summed E-state index contributed by atoms with van der Waals surface area (Å²) >= 11 is 1.57. The van der Waals surface area contributed by atoms with Crippen LogP contribution >= 0.6 is 11.8 Å². The Balaban J connectivity index is 1.93. The number of rotatable bonds is 4. The van der Waals surface area contributed by atoms with Gasteiger partial charge in [-0.05, 0) is 20.1 Å². The van der Waals surface area contributed by atoms with Gasteiger partial charge in [0.05, 0.1) is 11.1 Å². The van der Waals surface area contributed by atoms with E-state index in [9.17, 15) is 0 Å². The fraction of sp³-hybridized carbons (Fsp3) is 0.385. The summed E-state index contributed by atoms with van der Waals surface area (Å²) in [6, 6.07) is 0. The summed E-state index contributed by atoms with van der Waals surface area (Å²) in [5, 5.41) is 16.8. The molecule has 0 aliphatic carbocycles. The van der Waals surface area contributed by atoms with Crippen LogP contribution in [0.4, 0.5) is 5.82 Å². The molecule has 0 saturated carbocycles. The highest BCUT2D eigenvalue weighted by Crippen LogP contribution is 2.28. The highest BCUT2D eigenvalue weighted by Gasteiger charge is 2.14. The van der Waals surface area contributed by atoms with Crippen LogP contribution in [0.15, 0.2) is 11.4 Å². The normalized spacial score (nSPS) is 11.2. The van der Waals surface area contributed by atoms with Crippen LogP contribution in [0, 0.1) is 13.8 Å². The van der Waals surface area contributed by atoms with E-state index < -0.39 is 0 Å². The van der Waals surface area contributed by atoms with Gasteiger partial charge in [-0.1, -0.05) is 0 Å². The summed E-state index contributed by atoms with van der Waals surface area (Å²) < 4.78 is 1.90. The topological polar surface area (TPSA) is 84.3 Å². The molecule has 3 heterocycles. The molecule has 0 radical (unpaired) electrons. The van der Waals surface area contributed by atoms with Gasteiger partial charge in [0.2, 0.25) is 0 Å². The highest BCUT2D eigenvalue weighted by molar-refractivity contribution is 7.98. The minimum atomic E-state index is 0.677. The summed E-state index contributed by atoms with van der Waals surface area (Å²) in [4.78, 5) is 8.55. The average molecular weight is 303 g/mol. The molecule has 2 N–H and O–H groups in total. The summed E-state index contributed by atoms with van der Waals surface area (Å²) in [7, 11) is 1.95. The van der Waals surface area contributed by atoms with Gasteiger partial charge >= 0.3 is 0 Å². The van der Waals surface area contributed by atoms with Crippen molar-refractivity contribution in [3.05, 3.63) is 23.3 Å². The van der Waals surface area contributed by atoms with Crippen molar-refractivity contribution < 1.29 is 0 Å². The van der Waals surface area contributed by atoms with Gasteiger partial charge in [-0.3, -0.25) is 9.78 Å². The lowest BCUT2D eigenvalue weighted by atomic mass is 10.2. The van der Waals surface area contributed by atoms with Crippen molar-refractivity contribution in [2.24, 2.45) is 7.05 Å². The number of aromatic amines is 1. The maximum Gasteiger partial charge on any atom is 0.161 e. The Labute approximate surface area is 126 Å². The first kappa shape index (κ1) is 13.9. The van der Waals surface area contributed by atoms with E-state index in [-0.39, 0.29) is 0 Å². The van der Waals surface area contributed by atoms with Crippen molar-refractivity contribution in [2.45, 2.75) is 25.4 Å². The third kappa shape index (κ3) is 2.35. The molecule has 0 atom stereocenters. The molecule has 0 saturated heterocycles. The molecule has 7 nitrogen and oxygen atoms in total. The second-order valence-electron chi connectivity index (χ2n) is 4.81. The maximum absolute atomic E-state index is 4.43. The number of nitrogens with one attached hydrogen (secondary N) is 2. The van der Waals surface area contributed by atoms with Crippen molar-refractivity contribution in [1.29, 1.82) is 0 Å². The van der Waals surface area contributed by atoms with Crippen molar-refractivity contribution in [2.75, 3.05) is 11.6 Å². The Hall–Kier alpha value is -2.09. The number of nitrogens with zero attached hydrogens (tertiary/aromatic N) is 5. The Kier molecular flexibility index (Phi) is 3.54. The molecule has 3 aromatic heterocycles. The number of fused-ring (bicyclic) bond motifs is 1. The molecule has 3 aromatic rings. The van der Waals surface area contributed by atoms with E-state index in [1.54, 1.807) is 11.8 Å². The molecule has 0 aliphatic heterocycles. The van der Waals surface area contributed by atoms with Gasteiger partial charge in [-0.25, -0.2) is 9.97 Å². The van der Waals surface area contributed by atoms with E-state index in [0.29, 0.717) is 6.54 Å². The Bertz CT molecular complexity index is 789. The van der Waals surface area contributed by atoms with Gasteiger partial charge in [-0.15, -0.1) is 11.8 Å². The molecule has 0 amide bonds. The van der Waals surface area contributed by atoms with E-state index in [2.05, 4.69) is 37.5 Å². The zero-order valence-electron chi connectivity index (χ0n) is 12.4. The molecule has 0 aliphatic rings. The second-order valence-corrected chi connectivity index (χ2v) is 5.60. The molecular weight excluding hydrogens is 286 g/mol. The van der Waals surface area contributed by atoms with Crippen molar-refractivity contribution in [3.8, 4) is 0 Å². The molecule has 0 spiro atoms. The van der Waals surface area contributed by atoms with E-state index in [1.165, 1.54) is 11.9 Å². The van der Waals surface area contributed by atoms with Crippen LogP contribution in [0.3, 0.4) is 0 Å². The largest absolute Gasteiger partial charge is 0.365 e. The van der Waals surface area contributed by atoms with Gasteiger partial charge in [0.1, 0.15) is 17.2 Å². The van der Waals surface area contributed by atoms with Crippen LogP contribution in [0.1, 0.15) is 17.0 Å². The first-order chi connectivity index (χ1) is 10.1. The quantitative estimate of drug-likeness (QED) is 0.718.